The monoisotopic (exact) mass is 393 g/mol. The summed E-state index contributed by atoms with van der Waals surface area (Å²) in [4.78, 5) is 21.8. The first-order chi connectivity index (χ1) is 13.5. The summed E-state index contributed by atoms with van der Waals surface area (Å²) in [6.07, 6.45) is 1.85. The maximum Gasteiger partial charge on any atom is 0.229 e. The molecule has 28 heavy (non-hydrogen) atoms. The largest absolute Gasteiger partial charge is 0.392 e. The van der Waals surface area contributed by atoms with E-state index in [1.165, 1.54) is 5.56 Å². The number of hydrogen-bond acceptors (Lipinski definition) is 4. The average Bonchev–Trinajstić information content (AvgIpc) is 2.70. The minimum Gasteiger partial charge on any atom is -0.392 e. The Morgan fingerprint density at radius 3 is 2.61 bits per heavy atom. The molecule has 4 rings (SSSR count). The van der Waals surface area contributed by atoms with Crippen LogP contribution in [0.25, 0.3) is 11.3 Å². The van der Waals surface area contributed by atoms with Crippen LogP contribution in [0.5, 0.6) is 0 Å². The van der Waals surface area contributed by atoms with E-state index in [9.17, 15) is 9.90 Å². The van der Waals surface area contributed by atoms with Gasteiger partial charge in [0.1, 0.15) is 0 Å². The first-order valence-electron chi connectivity index (χ1n) is 9.18. The van der Waals surface area contributed by atoms with E-state index < -0.39 is 0 Å². The van der Waals surface area contributed by atoms with Crippen LogP contribution in [0.4, 0.5) is 5.82 Å². The molecule has 3 aromatic rings. The lowest BCUT2D eigenvalue weighted by atomic mass is 9.90. The SMILES string of the molecule is Cc1nc2c(nc1NC(=O)Cc1ccc(Cl)cc1)CCc1cc(CO)ccc1-2. The Hall–Kier alpha value is -2.76. The second-order valence-corrected chi connectivity index (χ2v) is 7.39. The number of hydrogen-bond donors (Lipinski definition) is 2. The number of nitrogens with one attached hydrogen (secondary N) is 1. The summed E-state index contributed by atoms with van der Waals surface area (Å²) in [6, 6.07) is 13.1. The maximum atomic E-state index is 12.4. The molecular weight excluding hydrogens is 374 g/mol. The molecule has 0 fully saturated rings. The van der Waals surface area contributed by atoms with E-state index >= 15 is 0 Å². The van der Waals surface area contributed by atoms with Crippen molar-refractivity contribution in [1.82, 2.24) is 9.97 Å². The van der Waals surface area contributed by atoms with Gasteiger partial charge in [-0.1, -0.05) is 41.9 Å². The van der Waals surface area contributed by atoms with Gasteiger partial charge in [-0.2, -0.15) is 0 Å². The number of aryl methyl sites for hydroxylation is 3. The molecule has 0 atom stereocenters. The smallest absolute Gasteiger partial charge is 0.229 e. The van der Waals surface area contributed by atoms with E-state index in [4.69, 9.17) is 16.6 Å². The van der Waals surface area contributed by atoms with E-state index in [0.717, 1.165) is 40.9 Å². The topological polar surface area (TPSA) is 75.1 Å². The van der Waals surface area contributed by atoms with Crippen LogP contribution in [-0.4, -0.2) is 21.0 Å². The van der Waals surface area contributed by atoms with Crippen LogP contribution in [-0.2, 0) is 30.7 Å². The summed E-state index contributed by atoms with van der Waals surface area (Å²) in [5.41, 5.74) is 6.44. The number of carbonyl (C=O) groups excluding carboxylic acids is 1. The number of aliphatic hydroxyl groups excluding tert-OH is 1. The average molecular weight is 394 g/mol. The zero-order chi connectivity index (χ0) is 19.7. The molecule has 1 amide bonds. The molecular formula is C22H20ClN3O2. The Labute approximate surface area is 168 Å². The number of aromatic nitrogens is 2. The van der Waals surface area contributed by atoms with E-state index in [2.05, 4.69) is 10.3 Å². The molecule has 1 aromatic heterocycles. The molecule has 0 radical (unpaired) electrons. The highest BCUT2D eigenvalue weighted by atomic mass is 35.5. The minimum absolute atomic E-state index is 0.0312. The van der Waals surface area contributed by atoms with Gasteiger partial charge in [-0.15, -0.1) is 0 Å². The molecule has 0 saturated carbocycles. The second-order valence-electron chi connectivity index (χ2n) is 6.95. The Kier molecular flexibility index (Phi) is 5.11. The zero-order valence-electron chi connectivity index (χ0n) is 15.5. The van der Waals surface area contributed by atoms with Crippen molar-refractivity contribution in [3.8, 4) is 11.3 Å². The summed E-state index contributed by atoms with van der Waals surface area (Å²) in [7, 11) is 0. The van der Waals surface area contributed by atoms with Crippen molar-refractivity contribution in [3.05, 3.63) is 75.6 Å². The van der Waals surface area contributed by atoms with Crippen molar-refractivity contribution in [2.24, 2.45) is 0 Å². The highest BCUT2D eigenvalue weighted by Crippen LogP contribution is 2.33. The molecule has 0 bridgehead atoms. The fraction of sp³-hybridized carbons (Fsp3) is 0.227. The Morgan fingerprint density at radius 1 is 1.11 bits per heavy atom. The van der Waals surface area contributed by atoms with Crippen molar-refractivity contribution in [3.63, 3.8) is 0 Å². The van der Waals surface area contributed by atoms with E-state index in [1.54, 1.807) is 12.1 Å². The molecule has 0 saturated heterocycles. The van der Waals surface area contributed by atoms with Crippen LogP contribution in [0.1, 0.15) is 28.1 Å². The third-order valence-electron chi connectivity index (χ3n) is 4.92. The Morgan fingerprint density at radius 2 is 1.86 bits per heavy atom. The maximum absolute atomic E-state index is 12.4. The van der Waals surface area contributed by atoms with Crippen LogP contribution in [0.15, 0.2) is 42.5 Å². The number of halogens is 1. The Bertz CT molecular complexity index is 1050. The van der Waals surface area contributed by atoms with Crippen molar-refractivity contribution >= 4 is 23.3 Å². The first kappa shape index (κ1) is 18.6. The zero-order valence-corrected chi connectivity index (χ0v) is 16.3. The molecule has 1 aliphatic rings. The predicted octanol–water partition coefficient (Wildman–Crippen LogP) is 3.88. The quantitative estimate of drug-likeness (QED) is 0.705. The van der Waals surface area contributed by atoms with Gasteiger partial charge >= 0.3 is 0 Å². The molecule has 0 unspecified atom stereocenters. The number of fused-ring (bicyclic) bond motifs is 3. The predicted molar refractivity (Wildman–Crippen MR) is 109 cm³/mol. The van der Waals surface area contributed by atoms with Gasteiger partial charge in [-0.3, -0.25) is 4.79 Å². The van der Waals surface area contributed by atoms with Crippen molar-refractivity contribution in [2.75, 3.05) is 5.32 Å². The standard InChI is InChI=1S/C22H20ClN3O2/c1-13-22(26-20(28)11-14-2-6-17(23)7-3-14)25-19-9-5-16-10-15(12-27)4-8-18(16)21(19)24-13/h2-4,6-8,10,27H,5,9,11-12H2,1H3,(H,25,26,28). The van der Waals surface area contributed by atoms with Gasteiger partial charge in [0.25, 0.3) is 0 Å². The van der Waals surface area contributed by atoms with Crippen LogP contribution in [0.3, 0.4) is 0 Å². The van der Waals surface area contributed by atoms with Crippen LogP contribution in [0.2, 0.25) is 5.02 Å². The van der Waals surface area contributed by atoms with Gasteiger partial charge < -0.3 is 10.4 Å². The van der Waals surface area contributed by atoms with E-state index in [1.807, 2.05) is 37.3 Å². The van der Waals surface area contributed by atoms with Gasteiger partial charge in [-0.05, 0) is 48.6 Å². The molecule has 1 heterocycles. The normalized spacial score (nSPS) is 12.2. The van der Waals surface area contributed by atoms with Gasteiger partial charge in [0, 0.05) is 10.6 Å². The van der Waals surface area contributed by atoms with Gasteiger partial charge in [0.05, 0.1) is 30.1 Å². The van der Waals surface area contributed by atoms with Crippen LogP contribution in [0, 0.1) is 6.92 Å². The third kappa shape index (κ3) is 3.77. The summed E-state index contributed by atoms with van der Waals surface area (Å²) in [5, 5.41) is 12.9. The molecule has 2 N–H and O–H groups in total. The Balaban J connectivity index is 1.57. The van der Waals surface area contributed by atoms with Crippen LogP contribution >= 0.6 is 11.6 Å². The first-order valence-corrected chi connectivity index (χ1v) is 9.56. The third-order valence-corrected chi connectivity index (χ3v) is 5.17. The number of benzene rings is 2. The summed E-state index contributed by atoms with van der Waals surface area (Å²) in [6.45, 7) is 1.88. The number of aliphatic hydroxyl groups is 1. The lowest BCUT2D eigenvalue weighted by Gasteiger charge is -2.20. The van der Waals surface area contributed by atoms with Crippen molar-refractivity contribution in [1.29, 1.82) is 0 Å². The molecule has 142 valence electrons. The van der Waals surface area contributed by atoms with E-state index in [0.29, 0.717) is 16.5 Å². The molecule has 0 aliphatic heterocycles. The molecule has 0 spiro atoms. The molecule has 5 nitrogen and oxygen atoms in total. The van der Waals surface area contributed by atoms with E-state index in [-0.39, 0.29) is 18.9 Å². The highest BCUT2D eigenvalue weighted by molar-refractivity contribution is 6.30. The van der Waals surface area contributed by atoms with Gasteiger partial charge in [-0.25, -0.2) is 9.97 Å². The fourth-order valence-corrected chi connectivity index (χ4v) is 3.59. The lowest BCUT2D eigenvalue weighted by Crippen LogP contribution is -2.19. The van der Waals surface area contributed by atoms with Gasteiger partial charge in [0.15, 0.2) is 5.82 Å². The number of amides is 1. The number of anilines is 1. The second kappa shape index (κ2) is 7.70. The fourth-order valence-electron chi connectivity index (χ4n) is 3.46. The number of nitrogens with zero attached hydrogens (tertiary/aromatic N) is 2. The minimum atomic E-state index is -0.136. The molecule has 2 aromatic carbocycles. The molecule has 6 heteroatoms. The van der Waals surface area contributed by atoms with Crippen molar-refractivity contribution in [2.45, 2.75) is 32.8 Å². The number of carbonyl (C=O) groups is 1. The highest BCUT2D eigenvalue weighted by Gasteiger charge is 2.21. The van der Waals surface area contributed by atoms with Crippen molar-refractivity contribution < 1.29 is 9.90 Å². The van der Waals surface area contributed by atoms with Gasteiger partial charge in [0.2, 0.25) is 5.91 Å². The lowest BCUT2D eigenvalue weighted by molar-refractivity contribution is -0.115. The van der Waals surface area contributed by atoms with Crippen LogP contribution < -0.4 is 5.32 Å². The number of rotatable bonds is 4. The molecule has 1 aliphatic carbocycles. The summed E-state index contributed by atoms with van der Waals surface area (Å²) < 4.78 is 0. The summed E-state index contributed by atoms with van der Waals surface area (Å²) >= 11 is 5.89. The summed E-state index contributed by atoms with van der Waals surface area (Å²) in [5.74, 6) is 0.372.